The second kappa shape index (κ2) is 6.80. The zero-order chi connectivity index (χ0) is 14.7. The Kier molecular flexibility index (Phi) is 4.81. The summed E-state index contributed by atoms with van der Waals surface area (Å²) in [5.41, 5.74) is 9.83. The van der Waals surface area contributed by atoms with Gasteiger partial charge in [0.1, 0.15) is 0 Å². The number of hydrogen-bond acceptors (Lipinski definition) is 3. The lowest BCUT2D eigenvalue weighted by Crippen LogP contribution is -2.49. The van der Waals surface area contributed by atoms with Gasteiger partial charge in [0.15, 0.2) is 0 Å². The van der Waals surface area contributed by atoms with Crippen molar-refractivity contribution in [1.29, 1.82) is 0 Å². The Morgan fingerprint density at radius 1 is 1.10 bits per heavy atom. The molecule has 2 aliphatic rings. The van der Waals surface area contributed by atoms with Crippen LogP contribution in [0.25, 0.3) is 0 Å². The standard InChI is InChI=1S/C18H29N3/c1-15-14-16(8-9-19)6-7-18(15)21-12-10-20(11-13-21)17-4-2-3-5-17/h6-7,14,17H,2-5,8-13,19H2,1H3. The average Bonchev–Trinajstić information content (AvgIpc) is 3.02. The minimum Gasteiger partial charge on any atom is -0.369 e. The van der Waals surface area contributed by atoms with Gasteiger partial charge in [0.05, 0.1) is 0 Å². The quantitative estimate of drug-likeness (QED) is 0.924. The van der Waals surface area contributed by atoms with E-state index in [-0.39, 0.29) is 0 Å². The van der Waals surface area contributed by atoms with E-state index in [1.807, 2.05) is 0 Å². The normalized spacial score (nSPS) is 21.1. The van der Waals surface area contributed by atoms with Gasteiger partial charge in [-0.1, -0.05) is 25.0 Å². The first-order valence-electron chi connectivity index (χ1n) is 8.56. The van der Waals surface area contributed by atoms with Gasteiger partial charge >= 0.3 is 0 Å². The number of hydrogen-bond donors (Lipinski definition) is 1. The zero-order valence-electron chi connectivity index (χ0n) is 13.4. The molecular formula is C18H29N3. The Hall–Kier alpha value is -1.06. The molecule has 0 atom stereocenters. The van der Waals surface area contributed by atoms with Crippen molar-refractivity contribution in [1.82, 2.24) is 4.90 Å². The highest BCUT2D eigenvalue weighted by Crippen LogP contribution is 2.27. The highest BCUT2D eigenvalue weighted by atomic mass is 15.3. The van der Waals surface area contributed by atoms with E-state index in [0.29, 0.717) is 0 Å². The number of benzene rings is 1. The van der Waals surface area contributed by atoms with Gasteiger partial charge in [-0.25, -0.2) is 0 Å². The summed E-state index contributed by atoms with van der Waals surface area (Å²) in [4.78, 5) is 5.29. The van der Waals surface area contributed by atoms with Crippen LogP contribution in [0.3, 0.4) is 0 Å². The number of aryl methyl sites for hydroxylation is 1. The van der Waals surface area contributed by atoms with E-state index in [1.165, 1.54) is 68.7 Å². The smallest absolute Gasteiger partial charge is 0.0397 e. The second-order valence-electron chi connectivity index (χ2n) is 6.62. The van der Waals surface area contributed by atoms with Crippen LogP contribution in [0.2, 0.25) is 0 Å². The Bertz CT molecular complexity index is 458. The molecule has 3 rings (SSSR count). The molecule has 3 nitrogen and oxygen atoms in total. The molecule has 116 valence electrons. The van der Waals surface area contributed by atoms with E-state index >= 15 is 0 Å². The predicted octanol–water partition coefficient (Wildman–Crippen LogP) is 2.56. The third kappa shape index (κ3) is 3.41. The topological polar surface area (TPSA) is 32.5 Å². The Morgan fingerprint density at radius 3 is 2.43 bits per heavy atom. The SMILES string of the molecule is Cc1cc(CCN)ccc1N1CCN(C2CCCC2)CC1. The van der Waals surface area contributed by atoms with Crippen molar-refractivity contribution in [3.8, 4) is 0 Å². The number of piperazine rings is 1. The number of rotatable bonds is 4. The van der Waals surface area contributed by atoms with Crippen LogP contribution in [-0.2, 0) is 6.42 Å². The van der Waals surface area contributed by atoms with Crippen molar-refractivity contribution in [3.63, 3.8) is 0 Å². The monoisotopic (exact) mass is 287 g/mol. The van der Waals surface area contributed by atoms with E-state index < -0.39 is 0 Å². The molecule has 2 fully saturated rings. The maximum atomic E-state index is 5.65. The zero-order valence-corrected chi connectivity index (χ0v) is 13.4. The first-order chi connectivity index (χ1) is 10.3. The predicted molar refractivity (Wildman–Crippen MR) is 90.0 cm³/mol. The first kappa shape index (κ1) is 14.9. The van der Waals surface area contributed by atoms with Gasteiger partial charge in [-0.15, -0.1) is 0 Å². The Labute approximate surface area is 129 Å². The van der Waals surface area contributed by atoms with Crippen molar-refractivity contribution in [2.75, 3.05) is 37.6 Å². The molecule has 2 N–H and O–H groups in total. The van der Waals surface area contributed by atoms with Gasteiger partial charge in [-0.05, 0) is 49.9 Å². The average molecular weight is 287 g/mol. The molecule has 21 heavy (non-hydrogen) atoms. The van der Waals surface area contributed by atoms with Crippen LogP contribution in [0.1, 0.15) is 36.8 Å². The lowest BCUT2D eigenvalue weighted by Gasteiger charge is -2.39. The Balaban J connectivity index is 1.61. The van der Waals surface area contributed by atoms with Gasteiger partial charge in [0.25, 0.3) is 0 Å². The van der Waals surface area contributed by atoms with Crippen molar-refractivity contribution in [2.24, 2.45) is 5.73 Å². The first-order valence-corrected chi connectivity index (χ1v) is 8.56. The molecule has 0 spiro atoms. The highest BCUT2D eigenvalue weighted by molar-refractivity contribution is 5.55. The summed E-state index contributed by atoms with van der Waals surface area (Å²) in [6.07, 6.45) is 6.70. The van der Waals surface area contributed by atoms with Crippen LogP contribution in [0.4, 0.5) is 5.69 Å². The largest absolute Gasteiger partial charge is 0.369 e. The van der Waals surface area contributed by atoms with Gasteiger partial charge in [-0.2, -0.15) is 0 Å². The molecule has 0 amide bonds. The third-order valence-corrected chi connectivity index (χ3v) is 5.19. The van der Waals surface area contributed by atoms with Crippen molar-refractivity contribution in [2.45, 2.75) is 45.1 Å². The molecule has 1 heterocycles. The minimum atomic E-state index is 0.735. The van der Waals surface area contributed by atoms with Crippen LogP contribution < -0.4 is 10.6 Å². The van der Waals surface area contributed by atoms with Gasteiger partial charge < -0.3 is 10.6 Å². The second-order valence-corrected chi connectivity index (χ2v) is 6.62. The summed E-state index contributed by atoms with van der Waals surface area (Å²) >= 11 is 0. The summed E-state index contributed by atoms with van der Waals surface area (Å²) in [7, 11) is 0. The fourth-order valence-corrected chi connectivity index (χ4v) is 3.99. The van der Waals surface area contributed by atoms with E-state index in [1.54, 1.807) is 0 Å². The van der Waals surface area contributed by atoms with Crippen molar-refractivity contribution < 1.29 is 0 Å². The summed E-state index contributed by atoms with van der Waals surface area (Å²) in [6, 6.07) is 7.73. The molecule has 1 saturated carbocycles. The molecule has 0 radical (unpaired) electrons. The molecule has 1 aromatic carbocycles. The van der Waals surface area contributed by atoms with Crippen LogP contribution in [-0.4, -0.2) is 43.7 Å². The molecule has 0 aromatic heterocycles. The van der Waals surface area contributed by atoms with Gasteiger partial charge in [0.2, 0.25) is 0 Å². The molecule has 0 bridgehead atoms. The number of nitrogens with two attached hydrogens (primary N) is 1. The molecular weight excluding hydrogens is 258 g/mol. The summed E-state index contributed by atoms with van der Waals surface area (Å²) < 4.78 is 0. The van der Waals surface area contributed by atoms with Crippen molar-refractivity contribution >= 4 is 5.69 Å². The van der Waals surface area contributed by atoms with Crippen molar-refractivity contribution in [3.05, 3.63) is 29.3 Å². The molecule has 1 saturated heterocycles. The van der Waals surface area contributed by atoms with E-state index in [4.69, 9.17) is 5.73 Å². The molecule has 1 aliphatic heterocycles. The lowest BCUT2D eigenvalue weighted by atomic mass is 10.1. The van der Waals surface area contributed by atoms with Crippen LogP contribution >= 0.6 is 0 Å². The minimum absolute atomic E-state index is 0.735. The van der Waals surface area contributed by atoms with Gasteiger partial charge in [0, 0.05) is 37.9 Å². The Morgan fingerprint density at radius 2 is 1.81 bits per heavy atom. The highest BCUT2D eigenvalue weighted by Gasteiger charge is 2.26. The third-order valence-electron chi connectivity index (χ3n) is 5.19. The molecule has 3 heteroatoms. The molecule has 1 aliphatic carbocycles. The fourth-order valence-electron chi connectivity index (χ4n) is 3.99. The fraction of sp³-hybridized carbons (Fsp3) is 0.667. The maximum Gasteiger partial charge on any atom is 0.0397 e. The van der Waals surface area contributed by atoms with E-state index in [2.05, 4.69) is 34.9 Å². The lowest BCUT2D eigenvalue weighted by molar-refractivity contribution is 0.187. The maximum absolute atomic E-state index is 5.65. The van der Waals surface area contributed by atoms with E-state index in [9.17, 15) is 0 Å². The summed E-state index contributed by atoms with van der Waals surface area (Å²) in [6.45, 7) is 7.78. The summed E-state index contributed by atoms with van der Waals surface area (Å²) in [5.74, 6) is 0. The molecule has 0 unspecified atom stereocenters. The number of anilines is 1. The molecule has 1 aromatic rings. The van der Waals surface area contributed by atoms with Crippen LogP contribution in [0.15, 0.2) is 18.2 Å². The summed E-state index contributed by atoms with van der Waals surface area (Å²) in [5, 5.41) is 0. The number of nitrogens with zero attached hydrogens (tertiary/aromatic N) is 2. The van der Waals surface area contributed by atoms with Crippen LogP contribution in [0.5, 0.6) is 0 Å². The van der Waals surface area contributed by atoms with E-state index in [0.717, 1.165) is 19.0 Å². The van der Waals surface area contributed by atoms with Gasteiger partial charge in [-0.3, -0.25) is 4.90 Å². The van der Waals surface area contributed by atoms with Crippen LogP contribution in [0, 0.1) is 6.92 Å².